The van der Waals surface area contributed by atoms with E-state index < -0.39 is 0 Å². The monoisotopic (exact) mass is 226 g/mol. The molecule has 2 aromatic carbocycles. The number of hydrogen-bond acceptors (Lipinski definition) is 0. The summed E-state index contributed by atoms with van der Waals surface area (Å²) in [5.74, 6) is -0.192. The molecule has 0 heterocycles. The normalized spacial score (nSPS) is 10.8. The molecule has 2 rings (SSSR count). The van der Waals surface area contributed by atoms with Gasteiger partial charge in [0.15, 0.2) is 0 Å². The molecule has 16 heavy (non-hydrogen) atoms. The lowest BCUT2D eigenvalue weighted by Gasteiger charge is -1.94. The van der Waals surface area contributed by atoms with Crippen molar-refractivity contribution < 1.29 is 4.39 Å². The smallest absolute Gasteiger partial charge is 0.123 e. The Hall–Kier alpha value is -1.67. The summed E-state index contributed by atoms with van der Waals surface area (Å²) in [4.78, 5) is 0. The van der Waals surface area contributed by atoms with Crippen molar-refractivity contribution in [1.29, 1.82) is 0 Å². The Bertz CT molecular complexity index is 460. The zero-order valence-corrected chi connectivity index (χ0v) is 9.73. The minimum absolute atomic E-state index is 0.192. The summed E-state index contributed by atoms with van der Waals surface area (Å²) in [6, 6.07) is 16.8. The first-order chi connectivity index (χ1) is 7.84. The van der Waals surface area contributed by atoms with Crippen LogP contribution in [0.5, 0.6) is 0 Å². The first-order valence-corrected chi connectivity index (χ1v) is 6.16. The predicted octanol–water partition coefficient (Wildman–Crippen LogP) is 2.83. The van der Waals surface area contributed by atoms with Crippen LogP contribution in [-0.2, 0) is 0 Å². The first kappa shape index (κ1) is 10.8. The van der Waals surface area contributed by atoms with Gasteiger partial charge in [0.2, 0.25) is 0 Å². The maximum absolute atomic E-state index is 12.7. The molecule has 0 atom stereocenters. The van der Waals surface area contributed by atoms with E-state index in [2.05, 4.69) is 17.8 Å². The van der Waals surface area contributed by atoms with Gasteiger partial charge in [-0.2, -0.15) is 0 Å². The van der Waals surface area contributed by atoms with E-state index in [0.717, 1.165) is 5.56 Å². The van der Waals surface area contributed by atoms with E-state index in [1.807, 2.05) is 24.3 Å². The van der Waals surface area contributed by atoms with E-state index in [1.54, 1.807) is 12.1 Å². The van der Waals surface area contributed by atoms with Crippen molar-refractivity contribution in [3.05, 3.63) is 71.7 Å². The topological polar surface area (TPSA) is 0 Å². The van der Waals surface area contributed by atoms with Gasteiger partial charge in [-0.15, -0.1) is 0 Å². The van der Waals surface area contributed by atoms with Crippen LogP contribution in [0.1, 0.15) is 5.56 Å². The molecule has 0 fully saturated rings. The lowest BCUT2D eigenvalue weighted by atomic mass is 10.2. The van der Waals surface area contributed by atoms with Gasteiger partial charge >= 0.3 is 0 Å². The molecule has 0 aliphatic carbocycles. The van der Waals surface area contributed by atoms with Crippen molar-refractivity contribution in [2.45, 2.75) is 0 Å². The second kappa shape index (κ2) is 5.42. The van der Waals surface area contributed by atoms with Crippen LogP contribution in [-0.4, -0.2) is 9.52 Å². The highest BCUT2D eigenvalue weighted by Gasteiger charge is 1.90. The Labute approximate surface area is 97.3 Å². The van der Waals surface area contributed by atoms with E-state index >= 15 is 0 Å². The third-order valence-electron chi connectivity index (χ3n) is 2.17. The highest BCUT2D eigenvalue weighted by Crippen LogP contribution is 2.03. The van der Waals surface area contributed by atoms with Crippen LogP contribution in [0.3, 0.4) is 0 Å². The van der Waals surface area contributed by atoms with Gasteiger partial charge in [-0.05, 0) is 17.7 Å². The van der Waals surface area contributed by atoms with Gasteiger partial charge in [0.25, 0.3) is 0 Å². The van der Waals surface area contributed by atoms with Gasteiger partial charge in [0.05, 0.1) is 0 Å². The standard InChI is InChI=1S/C14H11FSi/c15-13-8-6-12(7-9-13)10-11-16-14-4-2-1-3-5-14/h1-11H/b11-10+. The molecule has 78 valence electrons. The Kier molecular flexibility index (Phi) is 3.67. The summed E-state index contributed by atoms with van der Waals surface area (Å²) in [5.41, 5.74) is 3.15. The lowest BCUT2D eigenvalue weighted by molar-refractivity contribution is 0.628. The minimum Gasteiger partial charge on any atom is -0.207 e. The number of rotatable bonds is 3. The molecule has 0 aliphatic rings. The van der Waals surface area contributed by atoms with Crippen LogP contribution in [0.15, 0.2) is 60.3 Å². The van der Waals surface area contributed by atoms with Crippen molar-refractivity contribution in [1.82, 2.24) is 0 Å². The highest BCUT2D eigenvalue weighted by molar-refractivity contribution is 6.59. The van der Waals surface area contributed by atoms with Gasteiger partial charge in [-0.1, -0.05) is 59.4 Å². The Morgan fingerprint density at radius 2 is 1.56 bits per heavy atom. The average molecular weight is 226 g/mol. The highest BCUT2D eigenvalue weighted by atomic mass is 28.2. The van der Waals surface area contributed by atoms with Crippen molar-refractivity contribution in [2.75, 3.05) is 0 Å². The van der Waals surface area contributed by atoms with Crippen LogP contribution in [0.4, 0.5) is 4.39 Å². The summed E-state index contributed by atoms with van der Waals surface area (Å²) < 4.78 is 12.7. The fourth-order valence-electron chi connectivity index (χ4n) is 1.34. The molecule has 0 nitrogen and oxygen atoms in total. The molecule has 0 N–H and O–H groups in total. The number of hydrogen-bond donors (Lipinski definition) is 0. The zero-order valence-electron chi connectivity index (χ0n) is 8.73. The molecular weight excluding hydrogens is 215 g/mol. The first-order valence-electron chi connectivity index (χ1n) is 5.08. The molecule has 2 radical (unpaired) electrons. The van der Waals surface area contributed by atoms with Crippen LogP contribution in [0.2, 0.25) is 0 Å². The largest absolute Gasteiger partial charge is 0.207 e. The van der Waals surface area contributed by atoms with Crippen molar-refractivity contribution in [2.24, 2.45) is 0 Å². The van der Waals surface area contributed by atoms with Crippen molar-refractivity contribution >= 4 is 20.8 Å². The van der Waals surface area contributed by atoms with Crippen molar-refractivity contribution in [3.8, 4) is 0 Å². The van der Waals surface area contributed by atoms with E-state index in [4.69, 9.17) is 0 Å². The average Bonchev–Trinajstić information content (AvgIpc) is 2.33. The second-order valence-electron chi connectivity index (χ2n) is 3.40. The molecular formula is C14H11FSi. The van der Waals surface area contributed by atoms with Crippen LogP contribution < -0.4 is 5.19 Å². The van der Waals surface area contributed by atoms with Crippen LogP contribution in [0, 0.1) is 5.82 Å². The van der Waals surface area contributed by atoms with Gasteiger partial charge in [-0.25, -0.2) is 4.39 Å². The molecule has 0 saturated carbocycles. The fraction of sp³-hybridized carbons (Fsp3) is 0. The summed E-state index contributed by atoms with van der Waals surface area (Å²) >= 11 is 0. The molecule has 0 spiro atoms. The second-order valence-corrected chi connectivity index (χ2v) is 4.59. The summed E-state index contributed by atoms with van der Waals surface area (Å²) in [5, 5.41) is 1.31. The summed E-state index contributed by atoms with van der Waals surface area (Å²) in [6.07, 6.45) is 2.02. The van der Waals surface area contributed by atoms with E-state index in [9.17, 15) is 4.39 Å². The maximum Gasteiger partial charge on any atom is 0.123 e. The molecule has 0 bridgehead atoms. The Morgan fingerprint density at radius 3 is 2.25 bits per heavy atom. The van der Waals surface area contributed by atoms with E-state index in [0.29, 0.717) is 9.52 Å². The minimum atomic E-state index is -0.192. The molecule has 0 unspecified atom stereocenters. The number of benzene rings is 2. The van der Waals surface area contributed by atoms with E-state index in [-0.39, 0.29) is 5.82 Å². The van der Waals surface area contributed by atoms with Gasteiger partial charge < -0.3 is 0 Å². The Balaban J connectivity index is 1.98. The van der Waals surface area contributed by atoms with Gasteiger partial charge in [-0.3, -0.25) is 0 Å². The zero-order chi connectivity index (χ0) is 11.2. The number of halogens is 1. The fourth-order valence-corrected chi connectivity index (χ4v) is 2.20. The van der Waals surface area contributed by atoms with Gasteiger partial charge in [0.1, 0.15) is 15.3 Å². The van der Waals surface area contributed by atoms with Gasteiger partial charge in [0, 0.05) is 0 Å². The third kappa shape index (κ3) is 3.17. The maximum atomic E-state index is 12.7. The quantitative estimate of drug-likeness (QED) is 0.706. The van der Waals surface area contributed by atoms with Crippen molar-refractivity contribution in [3.63, 3.8) is 0 Å². The molecule has 2 aromatic rings. The molecule has 0 amide bonds. The lowest BCUT2D eigenvalue weighted by Crippen LogP contribution is -2.09. The molecule has 0 aliphatic heterocycles. The molecule has 2 heteroatoms. The Morgan fingerprint density at radius 1 is 0.875 bits per heavy atom. The third-order valence-corrected chi connectivity index (χ3v) is 3.17. The predicted molar refractivity (Wildman–Crippen MR) is 67.3 cm³/mol. The van der Waals surface area contributed by atoms with Crippen LogP contribution >= 0.6 is 0 Å². The summed E-state index contributed by atoms with van der Waals surface area (Å²) in [6.45, 7) is 0. The summed E-state index contributed by atoms with van der Waals surface area (Å²) in [7, 11) is 0.653. The van der Waals surface area contributed by atoms with E-state index in [1.165, 1.54) is 17.3 Å². The van der Waals surface area contributed by atoms with Crippen LogP contribution in [0.25, 0.3) is 6.08 Å². The SMILES string of the molecule is Fc1ccc(/C=C/[Si]c2ccccc2)cc1. The molecule has 0 saturated heterocycles. The molecule has 0 aromatic heterocycles.